The Labute approximate surface area is 87.6 Å². The van der Waals surface area contributed by atoms with Gasteiger partial charge in [-0.3, -0.25) is 4.79 Å². The normalized spacial score (nSPS) is 32.0. The zero-order chi connectivity index (χ0) is 10.8. The maximum Gasteiger partial charge on any atom is 0.159 e. The first kappa shape index (κ1) is 11.5. The zero-order valence-electron chi connectivity index (χ0n) is 9.84. The van der Waals surface area contributed by atoms with Crippen LogP contribution >= 0.6 is 0 Å². The average Bonchev–Trinajstić information content (AvgIpc) is 2.02. The Balaban J connectivity index is 2.85. The van der Waals surface area contributed by atoms with Crippen molar-refractivity contribution >= 4 is 5.78 Å². The maximum atomic E-state index is 11.9. The van der Waals surface area contributed by atoms with Crippen LogP contribution in [0.4, 0.5) is 0 Å². The van der Waals surface area contributed by atoms with Crippen molar-refractivity contribution in [2.45, 2.75) is 47.0 Å². The van der Waals surface area contributed by atoms with Gasteiger partial charge >= 0.3 is 0 Å². The largest absolute Gasteiger partial charge is 0.295 e. The van der Waals surface area contributed by atoms with E-state index in [1.54, 1.807) is 6.08 Å². The Morgan fingerprint density at radius 2 is 2.07 bits per heavy atom. The Morgan fingerprint density at radius 3 is 2.57 bits per heavy atom. The lowest BCUT2D eigenvalue weighted by atomic mass is 9.62. The molecule has 0 radical (unpaired) electrons. The average molecular weight is 194 g/mol. The minimum Gasteiger partial charge on any atom is -0.295 e. The monoisotopic (exact) mass is 194 g/mol. The first-order valence-electron chi connectivity index (χ1n) is 5.65. The van der Waals surface area contributed by atoms with Crippen molar-refractivity contribution < 1.29 is 4.79 Å². The fraction of sp³-hybridized carbons (Fsp3) is 0.769. The molecule has 1 rings (SSSR count). The fourth-order valence-corrected chi connectivity index (χ4v) is 2.91. The van der Waals surface area contributed by atoms with Gasteiger partial charge in [0.05, 0.1) is 0 Å². The number of ketones is 1. The molecule has 0 aromatic heterocycles. The summed E-state index contributed by atoms with van der Waals surface area (Å²) in [6.07, 6.45) is 7.27. The van der Waals surface area contributed by atoms with Gasteiger partial charge in [-0.25, -0.2) is 0 Å². The molecule has 0 spiro atoms. The zero-order valence-corrected chi connectivity index (χ0v) is 9.84. The number of hydrogen-bond donors (Lipinski definition) is 0. The van der Waals surface area contributed by atoms with Gasteiger partial charge in [0.15, 0.2) is 5.78 Å². The molecular weight excluding hydrogens is 172 g/mol. The van der Waals surface area contributed by atoms with E-state index in [-0.39, 0.29) is 11.3 Å². The van der Waals surface area contributed by atoms with Gasteiger partial charge in [-0.15, -0.1) is 0 Å². The van der Waals surface area contributed by atoms with E-state index in [4.69, 9.17) is 0 Å². The number of hydrogen-bond acceptors (Lipinski definition) is 1. The molecule has 1 aliphatic carbocycles. The van der Waals surface area contributed by atoms with Crippen molar-refractivity contribution in [2.75, 3.05) is 0 Å². The SMILES string of the molecule is C/C=C/C(=O)C1[C@H](C)CCCC1(C)C. The van der Waals surface area contributed by atoms with Gasteiger partial charge in [0.25, 0.3) is 0 Å². The van der Waals surface area contributed by atoms with Gasteiger partial charge in [0.2, 0.25) is 0 Å². The summed E-state index contributed by atoms with van der Waals surface area (Å²) in [4.78, 5) is 11.9. The molecule has 80 valence electrons. The van der Waals surface area contributed by atoms with E-state index >= 15 is 0 Å². The van der Waals surface area contributed by atoms with Crippen LogP contribution in [0.15, 0.2) is 12.2 Å². The Hall–Kier alpha value is -0.590. The number of carbonyl (C=O) groups excluding carboxylic acids is 1. The van der Waals surface area contributed by atoms with Crippen LogP contribution in [-0.4, -0.2) is 5.78 Å². The first-order chi connectivity index (χ1) is 6.49. The summed E-state index contributed by atoms with van der Waals surface area (Å²) >= 11 is 0. The van der Waals surface area contributed by atoms with Crippen LogP contribution in [0.2, 0.25) is 0 Å². The van der Waals surface area contributed by atoms with Gasteiger partial charge in [0.1, 0.15) is 0 Å². The molecule has 14 heavy (non-hydrogen) atoms. The molecule has 1 heteroatoms. The summed E-state index contributed by atoms with van der Waals surface area (Å²) in [7, 11) is 0. The second-order valence-electron chi connectivity index (χ2n) is 5.24. The van der Waals surface area contributed by atoms with Crippen molar-refractivity contribution in [1.29, 1.82) is 0 Å². The van der Waals surface area contributed by atoms with E-state index in [0.29, 0.717) is 11.7 Å². The number of allylic oxidation sites excluding steroid dienone is 2. The van der Waals surface area contributed by atoms with Crippen molar-refractivity contribution in [2.24, 2.45) is 17.3 Å². The highest BCUT2D eigenvalue weighted by Crippen LogP contribution is 2.44. The Bertz CT molecular complexity index is 238. The van der Waals surface area contributed by atoms with Crippen LogP contribution < -0.4 is 0 Å². The maximum absolute atomic E-state index is 11.9. The summed E-state index contributed by atoms with van der Waals surface area (Å²) < 4.78 is 0. The molecule has 1 aliphatic rings. The predicted octanol–water partition coefficient (Wildman–Crippen LogP) is 3.59. The van der Waals surface area contributed by atoms with Gasteiger partial charge in [-0.05, 0) is 37.2 Å². The smallest absolute Gasteiger partial charge is 0.159 e. The lowest BCUT2D eigenvalue weighted by molar-refractivity contribution is -0.125. The number of rotatable bonds is 2. The number of carbonyl (C=O) groups is 1. The van der Waals surface area contributed by atoms with Crippen LogP contribution in [0.1, 0.15) is 47.0 Å². The third-order valence-corrected chi connectivity index (χ3v) is 3.53. The Morgan fingerprint density at radius 1 is 1.43 bits per heavy atom. The van der Waals surface area contributed by atoms with E-state index in [1.165, 1.54) is 19.3 Å². The quantitative estimate of drug-likeness (QED) is 0.614. The van der Waals surface area contributed by atoms with Crippen LogP contribution in [0.3, 0.4) is 0 Å². The van der Waals surface area contributed by atoms with Crippen molar-refractivity contribution in [3.8, 4) is 0 Å². The topological polar surface area (TPSA) is 17.1 Å². The Kier molecular flexibility index (Phi) is 3.52. The van der Waals surface area contributed by atoms with Crippen LogP contribution in [0, 0.1) is 17.3 Å². The van der Waals surface area contributed by atoms with Crippen molar-refractivity contribution in [3.05, 3.63) is 12.2 Å². The highest BCUT2D eigenvalue weighted by Gasteiger charge is 2.40. The molecule has 0 N–H and O–H groups in total. The van der Waals surface area contributed by atoms with Gasteiger partial charge in [-0.1, -0.05) is 33.3 Å². The molecule has 2 atom stereocenters. The molecule has 0 aromatic rings. The first-order valence-corrected chi connectivity index (χ1v) is 5.65. The molecule has 0 saturated heterocycles. The van der Waals surface area contributed by atoms with Crippen molar-refractivity contribution in [1.82, 2.24) is 0 Å². The van der Waals surface area contributed by atoms with E-state index < -0.39 is 0 Å². The predicted molar refractivity (Wildman–Crippen MR) is 60.1 cm³/mol. The molecule has 1 nitrogen and oxygen atoms in total. The van der Waals surface area contributed by atoms with Crippen LogP contribution in [-0.2, 0) is 4.79 Å². The van der Waals surface area contributed by atoms with E-state index in [2.05, 4.69) is 20.8 Å². The van der Waals surface area contributed by atoms with Gasteiger partial charge < -0.3 is 0 Å². The fourth-order valence-electron chi connectivity index (χ4n) is 2.91. The minimum atomic E-state index is 0.189. The summed E-state index contributed by atoms with van der Waals surface area (Å²) in [6, 6.07) is 0. The van der Waals surface area contributed by atoms with Crippen molar-refractivity contribution in [3.63, 3.8) is 0 Å². The second kappa shape index (κ2) is 4.29. The lowest BCUT2D eigenvalue weighted by Crippen LogP contribution is -2.38. The third kappa shape index (κ3) is 2.26. The van der Waals surface area contributed by atoms with Gasteiger partial charge in [-0.2, -0.15) is 0 Å². The van der Waals surface area contributed by atoms with Crippen LogP contribution in [0.5, 0.6) is 0 Å². The molecule has 1 saturated carbocycles. The van der Waals surface area contributed by atoms with Crippen LogP contribution in [0.25, 0.3) is 0 Å². The summed E-state index contributed by atoms with van der Waals surface area (Å²) in [5, 5.41) is 0. The molecular formula is C13H22O. The molecule has 0 aliphatic heterocycles. The highest BCUT2D eigenvalue weighted by atomic mass is 16.1. The third-order valence-electron chi connectivity index (χ3n) is 3.53. The highest BCUT2D eigenvalue weighted by molar-refractivity contribution is 5.92. The molecule has 1 fully saturated rings. The lowest BCUT2D eigenvalue weighted by Gasteiger charge is -2.41. The molecule has 0 aromatic carbocycles. The van der Waals surface area contributed by atoms with E-state index in [9.17, 15) is 4.79 Å². The summed E-state index contributed by atoms with van der Waals surface area (Å²) in [6.45, 7) is 8.59. The molecule has 1 unspecified atom stereocenters. The van der Waals surface area contributed by atoms with Gasteiger partial charge in [0, 0.05) is 5.92 Å². The summed E-state index contributed by atoms with van der Waals surface area (Å²) in [5.74, 6) is 1.10. The molecule has 0 bridgehead atoms. The standard InChI is InChI=1S/C13H22O/c1-5-7-11(14)12-10(2)8-6-9-13(12,3)4/h5,7,10,12H,6,8-9H2,1-4H3/b7-5+/t10-,12?/m1/s1. The van der Waals surface area contributed by atoms with E-state index in [1.807, 2.05) is 13.0 Å². The molecule has 0 amide bonds. The molecule has 0 heterocycles. The minimum absolute atomic E-state index is 0.189. The summed E-state index contributed by atoms with van der Waals surface area (Å²) in [5.41, 5.74) is 0.189. The second-order valence-corrected chi connectivity index (χ2v) is 5.24. The van der Waals surface area contributed by atoms with E-state index in [0.717, 1.165) is 0 Å².